The van der Waals surface area contributed by atoms with Crippen molar-refractivity contribution in [1.29, 1.82) is 0 Å². The fourth-order valence-corrected chi connectivity index (χ4v) is 4.57. The van der Waals surface area contributed by atoms with Gasteiger partial charge in [0.1, 0.15) is 28.9 Å². The topological polar surface area (TPSA) is 105 Å². The van der Waals surface area contributed by atoms with Gasteiger partial charge in [0.05, 0.1) is 5.92 Å². The fourth-order valence-electron chi connectivity index (χ4n) is 4.57. The van der Waals surface area contributed by atoms with Gasteiger partial charge in [-0.15, -0.1) is 0 Å². The number of carbonyl (C=O) groups is 2. The standard InChI is InChI=1S/C25H21NO7/c1-25-17(10-5-11-20(25)32-24(29)30-16-8-3-2-4-9-16)22(27)21-19(33-25)13-18(31-23(21)28)15-7-6-12-26-14-15/h2-4,6-9,12-14,17,20H,5,10-11H2,1H3/t17-,20-,25-/m1/s1. The summed E-state index contributed by atoms with van der Waals surface area (Å²) in [7, 11) is 0. The molecule has 0 N–H and O–H groups in total. The number of Topliss-reactive ketones (excluding diaryl/α,β-unsaturated/α-hetero) is 1. The summed E-state index contributed by atoms with van der Waals surface area (Å²) < 4.78 is 22.6. The van der Waals surface area contributed by atoms with Crippen LogP contribution in [0.15, 0.2) is 70.1 Å². The van der Waals surface area contributed by atoms with Crippen molar-refractivity contribution in [2.45, 2.75) is 37.9 Å². The summed E-state index contributed by atoms with van der Waals surface area (Å²) in [5.41, 5.74) is -1.45. The molecule has 33 heavy (non-hydrogen) atoms. The molecule has 1 aliphatic heterocycles. The van der Waals surface area contributed by atoms with Crippen LogP contribution in [0.1, 0.15) is 36.5 Å². The minimum atomic E-state index is -1.15. The number of rotatable bonds is 3. The number of pyridine rings is 1. The second-order valence-corrected chi connectivity index (χ2v) is 8.28. The van der Waals surface area contributed by atoms with E-state index in [0.717, 1.165) is 0 Å². The van der Waals surface area contributed by atoms with Gasteiger partial charge in [-0.1, -0.05) is 18.2 Å². The van der Waals surface area contributed by atoms with Crippen molar-refractivity contribution in [1.82, 2.24) is 4.98 Å². The lowest BCUT2D eigenvalue weighted by atomic mass is 9.69. The maximum Gasteiger partial charge on any atom is 0.514 e. The van der Waals surface area contributed by atoms with Crippen LogP contribution in [0.25, 0.3) is 11.3 Å². The van der Waals surface area contributed by atoms with Crippen LogP contribution in [0.4, 0.5) is 4.79 Å². The predicted molar refractivity (Wildman–Crippen MR) is 116 cm³/mol. The van der Waals surface area contributed by atoms with Crippen LogP contribution in [0.3, 0.4) is 0 Å². The van der Waals surface area contributed by atoms with Crippen molar-refractivity contribution in [3.05, 3.63) is 76.9 Å². The lowest BCUT2D eigenvalue weighted by Gasteiger charge is -2.47. The Labute approximate surface area is 189 Å². The lowest BCUT2D eigenvalue weighted by Crippen LogP contribution is -2.60. The van der Waals surface area contributed by atoms with E-state index in [1.54, 1.807) is 61.8 Å². The van der Waals surface area contributed by atoms with Gasteiger partial charge in [-0.05, 0) is 50.5 Å². The lowest BCUT2D eigenvalue weighted by molar-refractivity contribution is -0.110. The Bertz CT molecular complexity index is 1250. The van der Waals surface area contributed by atoms with Gasteiger partial charge in [0.2, 0.25) is 0 Å². The van der Waals surface area contributed by atoms with Crippen molar-refractivity contribution in [2.24, 2.45) is 5.92 Å². The molecule has 2 aliphatic rings. The average Bonchev–Trinajstić information content (AvgIpc) is 2.80. The second kappa shape index (κ2) is 8.20. The van der Waals surface area contributed by atoms with Gasteiger partial charge in [0.25, 0.3) is 0 Å². The molecule has 0 saturated heterocycles. The summed E-state index contributed by atoms with van der Waals surface area (Å²) >= 11 is 0. The molecule has 0 radical (unpaired) electrons. The predicted octanol–water partition coefficient (Wildman–Crippen LogP) is 4.42. The van der Waals surface area contributed by atoms with Crippen LogP contribution in [0, 0.1) is 5.92 Å². The summed E-state index contributed by atoms with van der Waals surface area (Å²) in [4.78, 5) is 42.5. The summed E-state index contributed by atoms with van der Waals surface area (Å²) in [5, 5.41) is 0. The molecule has 3 atom stereocenters. The van der Waals surface area contributed by atoms with E-state index < -0.39 is 29.4 Å². The molecule has 168 valence electrons. The van der Waals surface area contributed by atoms with Crippen LogP contribution in [0.5, 0.6) is 11.5 Å². The van der Waals surface area contributed by atoms with Gasteiger partial charge in [-0.25, -0.2) is 9.59 Å². The molecule has 0 amide bonds. The molecule has 0 spiro atoms. The smallest absolute Gasteiger partial charge is 0.482 e. The summed E-state index contributed by atoms with van der Waals surface area (Å²) in [6.07, 6.45) is 3.17. The van der Waals surface area contributed by atoms with Crippen LogP contribution in [-0.2, 0) is 4.74 Å². The minimum absolute atomic E-state index is 0.112. The fraction of sp³-hybridized carbons (Fsp3) is 0.280. The first kappa shape index (κ1) is 20.9. The highest BCUT2D eigenvalue weighted by Crippen LogP contribution is 2.46. The largest absolute Gasteiger partial charge is 0.514 e. The molecule has 3 heterocycles. The summed E-state index contributed by atoms with van der Waals surface area (Å²) in [6.45, 7) is 1.73. The number of benzene rings is 1. The molecule has 1 saturated carbocycles. The SMILES string of the molecule is C[C@@]12Oc3cc(-c4cccnc4)oc(=O)c3C(=O)[C@H]1CCC[C@H]2OC(=O)Oc1ccccc1. The van der Waals surface area contributed by atoms with Gasteiger partial charge in [-0.2, -0.15) is 0 Å². The Balaban J connectivity index is 1.46. The van der Waals surface area contributed by atoms with E-state index in [0.29, 0.717) is 30.6 Å². The molecule has 2 aromatic heterocycles. The first-order chi connectivity index (χ1) is 16.0. The number of aromatic nitrogens is 1. The van der Waals surface area contributed by atoms with Crippen molar-refractivity contribution in [2.75, 3.05) is 0 Å². The third-order valence-corrected chi connectivity index (χ3v) is 6.23. The van der Waals surface area contributed by atoms with Gasteiger partial charge < -0.3 is 18.6 Å². The molecule has 8 nitrogen and oxygen atoms in total. The third kappa shape index (κ3) is 3.77. The molecule has 1 fully saturated rings. The summed E-state index contributed by atoms with van der Waals surface area (Å²) in [5.74, 6) is -0.320. The number of ether oxygens (including phenoxy) is 3. The molecule has 1 aromatic carbocycles. The van der Waals surface area contributed by atoms with Gasteiger partial charge in [0.15, 0.2) is 11.4 Å². The molecule has 8 heteroatoms. The quantitative estimate of drug-likeness (QED) is 0.429. The Morgan fingerprint density at radius 2 is 1.94 bits per heavy atom. The van der Waals surface area contributed by atoms with E-state index in [2.05, 4.69) is 4.98 Å². The number of hydrogen-bond acceptors (Lipinski definition) is 8. The van der Waals surface area contributed by atoms with Crippen molar-refractivity contribution < 1.29 is 28.2 Å². The van der Waals surface area contributed by atoms with Crippen molar-refractivity contribution in [3.8, 4) is 22.8 Å². The minimum Gasteiger partial charge on any atom is -0.482 e. The number of fused-ring (bicyclic) bond motifs is 2. The highest BCUT2D eigenvalue weighted by atomic mass is 16.7. The first-order valence-corrected chi connectivity index (χ1v) is 10.7. The number of nitrogens with zero attached hydrogens (tertiary/aromatic N) is 1. The van der Waals surface area contributed by atoms with E-state index in [-0.39, 0.29) is 22.9 Å². The number of para-hydroxylation sites is 1. The molecule has 0 bridgehead atoms. The third-order valence-electron chi connectivity index (χ3n) is 6.23. The zero-order valence-electron chi connectivity index (χ0n) is 17.9. The Morgan fingerprint density at radius 1 is 1.12 bits per heavy atom. The zero-order valence-corrected chi connectivity index (χ0v) is 17.9. The van der Waals surface area contributed by atoms with Crippen LogP contribution >= 0.6 is 0 Å². The van der Waals surface area contributed by atoms with E-state index in [4.69, 9.17) is 18.6 Å². The van der Waals surface area contributed by atoms with Gasteiger partial charge in [0, 0.05) is 24.0 Å². The Morgan fingerprint density at radius 3 is 2.70 bits per heavy atom. The average molecular weight is 447 g/mol. The maximum atomic E-state index is 13.3. The van der Waals surface area contributed by atoms with Gasteiger partial charge in [-0.3, -0.25) is 9.78 Å². The summed E-state index contributed by atoms with van der Waals surface area (Å²) in [6, 6.07) is 13.5. The highest BCUT2D eigenvalue weighted by Gasteiger charge is 2.56. The van der Waals surface area contributed by atoms with E-state index in [1.807, 2.05) is 0 Å². The van der Waals surface area contributed by atoms with Crippen LogP contribution < -0.4 is 15.1 Å². The second-order valence-electron chi connectivity index (χ2n) is 8.28. The van der Waals surface area contributed by atoms with Crippen molar-refractivity contribution in [3.63, 3.8) is 0 Å². The van der Waals surface area contributed by atoms with Crippen molar-refractivity contribution >= 4 is 11.9 Å². The Hall–Kier alpha value is -3.94. The van der Waals surface area contributed by atoms with E-state index >= 15 is 0 Å². The van der Waals surface area contributed by atoms with Gasteiger partial charge >= 0.3 is 11.8 Å². The zero-order chi connectivity index (χ0) is 23.0. The number of hydrogen-bond donors (Lipinski definition) is 0. The molecule has 5 rings (SSSR count). The van der Waals surface area contributed by atoms with E-state index in [1.165, 1.54) is 6.07 Å². The number of ketones is 1. The Kier molecular flexibility index (Phi) is 5.20. The number of carbonyl (C=O) groups excluding carboxylic acids is 2. The maximum absolute atomic E-state index is 13.3. The monoisotopic (exact) mass is 447 g/mol. The molecular formula is C25H21NO7. The molecule has 0 unspecified atom stereocenters. The van der Waals surface area contributed by atoms with Crippen LogP contribution in [0.2, 0.25) is 0 Å². The molecule has 1 aliphatic carbocycles. The van der Waals surface area contributed by atoms with E-state index in [9.17, 15) is 14.4 Å². The molecular weight excluding hydrogens is 426 g/mol. The molecule has 3 aromatic rings. The highest BCUT2D eigenvalue weighted by molar-refractivity contribution is 6.02. The van der Waals surface area contributed by atoms with Crippen LogP contribution in [-0.4, -0.2) is 28.6 Å². The normalized spacial score (nSPS) is 23.6. The first-order valence-electron chi connectivity index (χ1n) is 10.7.